The van der Waals surface area contributed by atoms with Crippen LogP contribution in [0.4, 0.5) is 5.69 Å². The summed E-state index contributed by atoms with van der Waals surface area (Å²) in [4.78, 5) is 27.6. The van der Waals surface area contributed by atoms with Crippen molar-refractivity contribution in [3.63, 3.8) is 0 Å². The molecule has 1 aliphatic heterocycles. The highest BCUT2D eigenvalue weighted by atomic mass is 32.2. The highest BCUT2D eigenvalue weighted by Crippen LogP contribution is 2.18. The van der Waals surface area contributed by atoms with Crippen LogP contribution < -0.4 is 10.0 Å². The number of aryl methyl sites for hydroxylation is 1. The summed E-state index contributed by atoms with van der Waals surface area (Å²) in [6.45, 7) is 1.85. The second-order valence-corrected chi connectivity index (χ2v) is 8.59. The maximum Gasteiger partial charge on any atom is 0.264 e. The van der Waals surface area contributed by atoms with Gasteiger partial charge in [0, 0.05) is 0 Å². The first kappa shape index (κ1) is 19.1. The van der Waals surface area contributed by atoms with Crippen molar-refractivity contribution in [2.45, 2.75) is 18.2 Å². The van der Waals surface area contributed by atoms with E-state index in [4.69, 9.17) is 0 Å². The van der Waals surface area contributed by atoms with E-state index in [-0.39, 0.29) is 17.2 Å². The van der Waals surface area contributed by atoms with Gasteiger partial charge in [0.2, 0.25) is 11.8 Å². The van der Waals surface area contributed by atoms with Gasteiger partial charge < -0.3 is 5.32 Å². The molecule has 27 heavy (non-hydrogen) atoms. The fraction of sp³-hybridized carbons (Fsp3) is 0.167. The second-order valence-electron chi connectivity index (χ2n) is 5.94. The molecule has 1 heterocycles. The van der Waals surface area contributed by atoms with E-state index in [1.165, 1.54) is 23.9 Å². The number of benzene rings is 2. The Bertz CT molecular complexity index is 998. The van der Waals surface area contributed by atoms with Gasteiger partial charge in [0.15, 0.2) is 5.17 Å². The van der Waals surface area contributed by atoms with Crippen LogP contribution in [0.2, 0.25) is 0 Å². The molecule has 140 valence electrons. The number of amides is 2. The molecule has 0 atom stereocenters. The smallest absolute Gasteiger partial charge is 0.264 e. The Morgan fingerprint density at radius 2 is 1.81 bits per heavy atom. The number of nitrogens with zero attached hydrogens (tertiary/aromatic N) is 1. The number of amidine groups is 1. The summed E-state index contributed by atoms with van der Waals surface area (Å²) >= 11 is 1.32. The van der Waals surface area contributed by atoms with Crippen molar-refractivity contribution in [2.24, 2.45) is 4.99 Å². The number of carbonyl (C=O) groups excluding carboxylic acids is 2. The molecule has 2 aromatic carbocycles. The molecule has 0 unspecified atom stereocenters. The highest BCUT2D eigenvalue weighted by molar-refractivity contribution is 8.15. The number of hydrogen-bond acceptors (Lipinski definition) is 6. The Balaban J connectivity index is 1.62. The van der Waals surface area contributed by atoms with Gasteiger partial charge in [-0.15, -0.1) is 0 Å². The number of rotatable bonds is 5. The zero-order valence-electron chi connectivity index (χ0n) is 14.4. The Labute approximate surface area is 161 Å². The summed E-state index contributed by atoms with van der Waals surface area (Å²) in [5.74, 6) is -0.345. The molecular weight excluding hydrogens is 386 g/mol. The van der Waals surface area contributed by atoms with Gasteiger partial charge in [0.25, 0.3) is 10.0 Å². The first-order valence-corrected chi connectivity index (χ1v) is 10.5. The number of nitrogens with one attached hydrogen (secondary N) is 2. The molecule has 0 spiro atoms. The Kier molecular flexibility index (Phi) is 5.62. The van der Waals surface area contributed by atoms with Gasteiger partial charge in [-0.3, -0.25) is 9.59 Å². The van der Waals surface area contributed by atoms with Crippen LogP contribution in [-0.4, -0.2) is 31.2 Å². The average molecular weight is 403 g/mol. The van der Waals surface area contributed by atoms with E-state index < -0.39 is 15.9 Å². The van der Waals surface area contributed by atoms with E-state index >= 15 is 0 Å². The standard InChI is InChI=1S/C18H17N3O4S2/c1-12-2-8-15(9-3-12)27(24,25)21-16(22)10-13-4-6-14(7-5-13)19-18-20-17(23)11-26-18/h2-9H,10-11H2,1H3,(H,21,22)(H,19,20,23). The van der Waals surface area contributed by atoms with Crippen molar-refractivity contribution in [1.29, 1.82) is 0 Å². The fourth-order valence-electron chi connectivity index (χ4n) is 2.34. The predicted molar refractivity (Wildman–Crippen MR) is 104 cm³/mol. The average Bonchev–Trinajstić information content (AvgIpc) is 3.01. The lowest BCUT2D eigenvalue weighted by atomic mass is 10.1. The molecule has 1 saturated heterocycles. The molecule has 3 rings (SSSR count). The van der Waals surface area contributed by atoms with Crippen LogP contribution >= 0.6 is 11.8 Å². The van der Waals surface area contributed by atoms with Crippen molar-refractivity contribution >= 4 is 44.5 Å². The zero-order chi connectivity index (χ0) is 19.4. The van der Waals surface area contributed by atoms with Gasteiger partial charge >= 0.3 is 0 Å². The lowest BCUT2D eigenvalue weighted by Gasteiger charge is -2.07. The maximum atomic E-state index is 12.2. The summed E-state index contributed by atoms with van der Waals surface area (Å²) in [5, 5.41) is 3.17. The summed E-state index contributed by atoms with van der Waals surface area (Å²) < 4.78 is 26.5. The Morgan fingerprint density at radius 1 is 1.15 bits per heavy atom. The lowest BCUT2D eigenvalue weighted by Crippen LogP contribution is -2.31. The molecule has 1 fully saturated rings. The third kappa shape index (κ3) is 5.18. The maximum absolute atomic E-state index is 12.2. The van der Waals surface area contributed by atoms with Gasteiger partial charge in [0.05, 0.1) is 22.8 Å². The van der Waals surface area contributed by atoms with E-state index in [0.29, 0.717) is 22.2 Å². The summed E-state index contributed by atoms with van der Waals surface area (Å²) in [6, 6.07) is 13.0. The van der Waals surface area contributed by atoms with Gasteiger partial charge in [-0.2, -0.15) is 0 Å². The molecule has 0 saturated carbocycles. The van der Waals surface area contributed by atoms with E-state index in [1.807, 2.05) is 6.92 Å². The summed E-state index contributed by atoms with van der Waals surface area (Å²) in [5.41, 5.74) is 2.22. The number of aliphatic imine (C=N–C) groups is 1. The molecule has 2 N–H and O–H groups in total. The van der Waals surface area contributed by atoms with Gasteiger partial charge in [-0.05, 0) is 36.8 Å². The first-order chi connectivity index (χ1) is 12.8. The van der Waals surface area contributed by atoms with Crippen LogP contribution in [0.5, 0.6) is 0 Å². The normalized spacial score (nSPS) is 15.6. The molecule has 2 amide bonds. The minimum Gasteiger partial charge on any atom is -0.304 e. The van der Waals surface area contributed by atoms with Gasteiger partial charge in [-0.1, -0.05) is 41.6 Å². The largest absolute Gasteiger partial charge is 0.304 e. The van der Waals surface area contributed by atoms with E-state index in [0.717, 1.165) is 5.56 Å². The monoisotopic (exact) mass is 403 g/mol. The van der Waals surface area contributed by atoms with Crippen molar-refractivity contribution in [3.8, 4) is 0 Å². The van der Waals surface area contributed by atoms with E-state index in [9.17, 15) is 18.0 Å². The molecule has 0 aliphatic carbocycles. The van der Waals surface area contributed by atoms with Crippen LogP contribution in [0.1, 0.15) is 11.1 Å². The molecule has 1 aliphatic rings. The van der Waals surface area contributed by atoms with Crippen molar-refractivity contribution < 1.29 is 18.0 Å². The van der Waals surface area contributed by atoms with Crippen molar-refractivity contribution in [3.05, 3.63) is 59.7 Å². The minimum absolute atomic E-state index is 0.0451. The summed E-state index contributed by atoms with van der Waals surface area (Å²) in [6.07, 6.45) is -0.0760. The summed E-state index contributed by atoms with van der Waals surface area (Å²) in [7, 11) is -3.89. The molecule has 2 aromatic rings. The van der Waals surface area contributed by atoms with E-state index in [2.05, 4.69) is 15.0 Å². The van der Waals surface area contributed by atoms with Crippen molar-refractivity contribution in [2.75, 3.05) is 5.75 Å². The van der Waals surface area contributed by atoms with Gasteiger partial charge in [0.1, 0.15) is 0 Å². The minimum atomic E-state index is -3.89. The van der Waals surface area contributed by atoms with Crippen LogP contribution in [-0.2, 0) is 26.0 Å². The molecule has 0 aromatic heterocycles. The van der Waals surface area contributed by atoms with E-state index in [1.54, 1.807) is 36.4 Å². The molecule has 9 heteroatoms. The topological polar surface area (TPSA) is 105 Å². The van der Waals surface area contributed by atoms with Crippen LogP contribution in [0.3, 0.4) is 0 Å². The highest BCUT2D eigenvalue weighted by Gasteiger charge is 2.18. The number of hydrogen-bond donors (Lipinski definition) is 2. The predicted octanol–water partition coefficient (Wildman–Crippen LogP) is 1.89. The quantitative estimate of drug-likeness (QED) is 0.793. The zero-order valence-corrected chi connectivity index (χ0v) is 16.1. The van der Waals surface area contributed by atoms with Crippen LogP contribution in [0, 0.1) is 6.92 Å². The van der Waals surface area contributed by atoms with Gasteiger partial charge in [-0.25, -0.2) is 18.1 Å². The fourth-order valence-corrected chi connectivity index (χ4v) is 4.02. The van der Waals surface area contributed by atoms with Crippen molar-refractivity contribution in [1.82, 2.24) is 10.0 Å². The second kappa shape index (κ2) is 7.93. The SMILES string of the molecule is Cc1ccc(S(=O)(=O)NC(=O)Cc2ccc(N=C3NC(=O)CS3)cc2)cc1. The molecular formula is C18H17N3O4S2. The third-order valence-corrected chi connectivity index (χ3v) is 5.96. The number of thioether (sulfide) groups is 1. The lowest BCUT2D eigenvalue weighted by molar-refractivity contribution is -0.119. The molecule has 7 nitrogen and oxygen atoms in total. The number of carbonyl (C=O) groups is 2. The molecule has 0 radical (unpaired) electrons. The Hall–Kier alpha value is -2.65. The first-order valence-electron chi connectivity index (χ1n) is 8.04. The van der Waals surface area contributed by atoms with Crippen LogP contribution in [0.15, 0.2) is 58.4 Å². The number of sulfonamides is 1. The Morgan fingerprint density at radius 3 is 2.41 bits per heavy atom. The molecule has 0 bridgehead atoms. The van der Waals surface area contributed by atoms with Crippen LogP contribution in [0.25, 0.3) is 0 Å². The third-order valence-electron chi connectivity index (χ3n) is 3.70.